The zero-order valence-corrected chi connectivity index (χ0v) is 15.0. The van der Waals surface area contributed by atoms with Crippen LogP contribution in [0.4, 0.5) is 0 Å². The number of furan rings is 1. The Morgan fingerprint density at radius 2 is 1.92 bits per heavy atom. The Bertz CT molecular complexity index is 722. The normalized spacial score (nSPS) is 11.4. The van der Waals surface area contributed by atoms with Gasteiger partial charge in [-0.15, -0.1) is 0 Å². The molecule has 0 aliphatic heterocycles. The molecule has 0 radical (unpaired) electrons. The fourth-order valence-electron chi connectivity index (χ4n) is 2.15. The molecule has 1 heterocycles. The standard InChI is InChI=1S/C20H24N2O4/c1-15(2)25-13-7-11-21-20(24)18(14-17-10-6-12-26-17)22-19(23)16-8-4-3-5-9-16/h3-6,8-10,12,14-15H,7,11,13H2,1-2H3,(H,21,24)(H,22,23)/b18-14-. The molecule has 2 rings (SSSR count). The maximum atomic E-state index is 12.5. The SMILES string of the molecule is CC(C)OCCCNC(=O)/C(=C/c1ccco1)NC(=O)c1ccccc1. The van der Waals surface area contributed by atoms with E-state index in [9.17, 15) is 9.59 Å². The molecule has 0 aliphatic rings. The van der Waals surface area contributed by atoms with E-state index in [1.165, 1.54) is 12.3 Å². The lowest BCUT2D eigenvalue weighted by Crippen LogP contribution is -2.35. The third-order valence-electron chi connectivity index (χ3n) is 3.42. The Kier molecular flexibility index (Phi) is 7.64. The van der Waals surface area contributed by atoms with Crippen LogP contribution in [-0.4, -0.2) is 31.1 Å². The molecule has 6 nitrogen and oxygen atoms in total. The van der Waals surface area contributed by atoms with Crippen molar-refractivity contribution in [1.82, 2.24) is 10.6 Å². The van der Waals surface area contributed by atoms with Crippen molar-refractivity contribution in [3.8, 4) is 0 Å². The van der Waals surface area contributed by atoms with Gasteiger partial charge in [0.1, 0.15) is 11.5 Å². The lowest BCUT2D eigenvalue weighted by Gasteiger charge is -2.11. The molecule has 0 bridgehead atoms. The van der Waals surface area contributed by atoms with Crippen molar-refractivity contribution in [2.24, 2.45) is 0 Å². The molecule has 2 amide bonds. The third kappa shape index (κ3) is 6.57. The molecule has 0 spiro atoms. The van der Waals surface area contributed by atoms with Crippen LogP contribution >= 0.6 is 0 Å². The van der Waals surface area contributed by atoms with Gasteiger partial charge in [0, 0.05) is 24.8 Å². The molecule has 2 aromatic rings. The van der Waals surface area contributed by atoms with Gasteiger partial charge in [-0.25, -0.2) is 0 Å². The van der Waals surface area contributed by atoms with Crippen LogP contribution in [0.2, 0.25) is 0 Å². The third-order valence-corrected chi connectivity index (χ3v) is 3.42. The number of carbonyl (C=O) groups is 2. The summed E-state index contributed by atoms with van der Waals surface area (Å²) in [6.07, 6.45) is 3.85. The molecule has 0 saturated carbocycles. The van der Waals surface area contributed by atoms with E-state index in [4.69, 9.17) is 9.15 Å². The van der Waals surface area contributed by atoms with E-state index in [-0.39, 0.29) is 23.6 Å². The van der Waals surface area contributed by atoms with E-state index < -0.39 is 0 Å². The summed E-state index contributed by atoms with van der Waals surface area (Å²) in [4.78, 5) is 24.8. The first-order valence-electron chi connectivity index (χ1n) is 8.57. The minimum atomic E-state index is -0.379. The van der Waals surface area contributed by atoms with Crippen LogP contribution in [0, 0.1) is 0 Å². The molecule has 1 aromatic heterocycles. The molecular formula is C20H24N2O4. The second-order valence-corrected chi connectivity index (χ2v) is 5.92. The summed E-state index contributed by atoms with van der Waals surface area (Å²) in [6.45, 7) is 4.93. The highest BCUT2D eigenvalue weighted by Crippen LogP contribution is 2.08. The zero-order chi connectivity index (χ0) is 18.8. The summed E-state index contributed by atoms with van der Waals surface area (Å²) in [7, 11) is 0. The number of carbonyl (C=O) groups excluding carboxylic acids is 2. The first kappa shape index (κ1) is 19.5. The van der Waals surface area contributed by atoms with Crippen LogP contribution in [0.25, 0.3) is 6.08 Å². The van der Waals surface area contributed by atoms with E-state index in [0.717, 1.165) is 0 Å². The first-order chi connectivity index (χ1) is 12.6. The van der Waals surface area contributed by atoms with E-state index >= 15 is 0 Å². The monoisotopic (exact) mass is 356 g/mol. The van der Waals surface area contributed by atoms with Crippen molar-refractivity contribution >= 4 is 17.9 Å². The fourth-order valence-corrected chi connectivity index (χ4v) is 2.15. The summed E-state index contributed by atoms with van der Waals surface area (Å²) in [6, 6.07) is 12.1. The van der Waals surface area contributed by atoms with Gasteiger partial charge >= 0.3 is 0 Å². The molecule has 2 N–H and O–H groups in total. The van der Waals surface area contributed by atoms with E-state index in [0.29, 0.717) is 30.9 Å². The Balaban J connectivity index is 2.00. The highest BCUT2D eigenvalue weighted by molar-refractivity contribution is 6.05. The average Bonchev–Trinajstić information content (AvgIpc) is 3.14. The highest BCUT2D eigenvalue weighted by Gasteiger charge is 2.14. The number of amides is 2. The Morgan fingerprint density at radius 1 is 1.15 bits per heavy atom. The van der Waals surface area contributed by atoms with Gasteiger partial charge in [0.05, 0.1) is 12.4 Å². The average molecular weight is 356 g/mol. The van der Waals surface area contributed by atoms with Crippen LogP contribution in [0.1, 0.15) is 36.4 Å². The first-order valence-corrected chi connectivity index (χ1v) is 8.57. The van der Waals surface area contributed by atoms with Crippen LogP contribution < -0.4 is 10.6 Å². The zero-order valence-electron chi connectivity index (χ0n) is 15.0. The van der Waals surface area contributed by atoms with Gasteiger partial charge in [-0.3, -0.25) is 9.59 Å². The number of hydrogen-bond donors (Lipinski definition) is 2. The molecule has 26 heavy (non-hydrogen) atoms. The summed E-state index contributed by atoms with van der Waals surface area (Å²) < 4.78 is 10.7. The summed E-state index contributed by atoms with van der Waals surface area (Å²) in [5.74, 6) is -0.261. The maximum absolute atomic E-state index is 12.5. The van der Waals surface area contributed by atoms with E-state index in [2.05, 4.69) is 10.6 Å². The molecule has 0 fully saturated rings. The van der Waals surface area contributed by atoms with E-state index in [1.807, 2.05) is 19.9 Å². The van der Waals surface area contributed by atoms with Crippen LogP contribution in [0.3, 0.4) is 0 Å². The van der Waals surface area contributed by atoms with Gasteiger partial charge in [-0.2, -0.15) is 0 Å². The summed E-state index contributed by atoms with van der Waals surface area (Å²) in [5, 5.41) is 5.43. The van der Waals surface area contributed by atoms with Gasteiger partial charge in [-0.1, -0.05) is 18.2 Å². The minimum absolute atomic E-state index is 0.124. The molecule has 138 valence electrons. The van der Waals surface area contributed by atoms with Gasteiger partial charge in [0.15, 0.2) is 0 Å². The number of benzene rings is 1. The number of rotatable bonds is 9. The number of hydrogen-bond acceptors (Lipinski definition) is 4. The smallest absolute Gasteiger partial charge is 0.267 e. The minimum Gasteiger partial charge on any atom is -0.465 e. The Hall–Kier alpha value is -2.86. The quantitative estimate of drug-likeness (QED) is 0.535. The summed E-state index contributed by atoms with van der Waals surface area (Å²) in [5.41, 5.74) is 0.592. The molecule has 1 aromatic carbocycles. The van der Waals surface area contributed by atoms with Crippen molar-refractivity contribution in [3.63, 3.8) is 0 Å². The molecular weight excluding hydrogens is 332 g/mol. The number of ether oxygens (including phenoxy) is 1. The van der Waals surface area contributed by atoms with Crippen LogP contribution in [0.15, 0.2) is 58.8 Å². The topological polar surface area (TPSA) is 80.6 Å². The van der Waals surface area contributed by atoms with Crippen LogP contribution in [-0.2, 0) is 9.53 Å². The van der Waals surface area contributed by atoms with Crippen molar-refractivity contribution in [2.45, 2.75) is 26.4 Å². The molecule has 0 atom stereocenters. The maximum Gasteiger partial charge on any atom is 0.267 e. The Morgan fingerprint density at radius 3 is 2.58 bits per heavy atom. The second kappa shape index (κ2) is 10.2. The van der Waals surface area contributed by atoms with Crippen molar-refractivity contribution < 1.29 is 18.7 Å². The largest absolute Gasteiger partial charge is 0.465 e. The van der Waals surface area contributed by atoms with Crippen molar-refractivity contribution in [1.29, 1.82) is 0 Å². The summed E-state index contributed by atoms with van der Waals surface area (Å²) >= 11 is 0. The molecule has 0 saturated heterocycles. The predicted molar refractivity (Wildman–Crippen MR) is 99.3 cm³/mol. The predicted octanol–water partition coefficient (Wildman–Crippen LogP) is 2.98. The van der Waals surface area contributed by atoms with Crippen molar-refractivity contribution in [2.75, 3.05) is 13.2 Å². The fraction of sp³-hybridized carbons (Fsp3) is 0.300. The Labute approximate surface area is 153 Å². The van der Waals surface area contributed by atoms with E-state index in [1.54, 1.807) is 36.4 Å². The number of nitrogens with one attached hydrogen (secondary N) is 2. The van der Waals surface area contributed by atoms with Gasteiger partial charge in [-0.05, 0) is 44.5 Å². The molecule has 0 unspecified atom stereocenters. The lowest BCUT2D eigenvalue weighted by molar-refractivity contribution is -0.117. The van der Waals surface area contributed by atoms with Gasteiger partial charge < -0.3 is 19.8 Å². The second-order valence-electron chi connectivity index (χ2n) is 5.92. The lowest BCUT2D eigenvalue weighted by atomic mass is 10.2. The highest BCUT2D eigenvalue weighted by atomic mass is 16.5. The van der Waals surface area contributed by atoms with Gasteiger partial charge in [0.2, 0.25) is 0 Å². The molecule has 0 aliphatic carbocycles. The molecule has 6 heteroatoms. The van der Waals surface area contributed by atoms with Crippen molar-refractivity contribution in [3.05, 3.63) is 65.7 Å². The van der Waals surface area contributed by atoms with Gasteiger partial charge in [0.25, 0.3) is 11.8 Å². The van der Waals surface area contributed by atoms with Crippen LogP contribution in [0.5, 0.6) is 0 Å².